The number of hydrogen-bond donors (Lipinski definition) is 2. The van der Waals surface area contributed by atoms with Gasteiger partial charge >= 0.3 is 0 Å². The van der Waals surface area contributed by atoms with Gasteiger partial charge in [0, 0.05) is 32.1 Å². The first-order chi connectivity index (χ1) is 7.74. The highest BCUT2D eigenvalue weighted by molar-refractivity contribution is 5.20. The molecule has 0 aliphatic rings. The molecule has 0 radical (unpaired) electrons. The molecule has 0 aliphatic heterocycles. The molecule has 1 rings (SSSR count). The second kappa shape index (κ2) is 7.33. The highest BCUT2D eigenvalue weighted by atomic mass is 16.5. The van der Waals surface area contributed by atoms with Crippen LogP contribution < -0.4 is 5.32 Å². The summed E-state index contributed by atoms with van der Waals surface area (Å²) in [5.74, 6) is 0. The first kappa shape index (κ1) is 13.1. The lowest BCUT2D eigenvalue weighted by molar-refractivity contribution is 0.0427. The van der Waals surface area contributed by atoms with Crippen LogP contribution >= 0.6 is 0 Å². The van der Waals surface area contributed by atoms with Crippen LogP contribution in [0.1, 0.15) is 18.1 Å². The van der Waals surface area contributed by atoms with E-state index in [2.05, 4.69) is 17.2 Å². The van der Waals surface area contributed by atoms with E-state index in [1.165, 1.54) is 5.56 Å². The summed E-state index contributed by atoms with van der Waals surface area (Å²) >= 11 is 0. The molecule has 0 saturated carbocycles. The lowest BCUT2D eigenvalue weighted by atomic mass is 10.1. The average molecular weight is 224 g/mol. The molecule has 1 aromatic heterocycles. The van der Waals surface area contributed by atoms with Crippen LogP contribution in [0.4, 0.5) is 0 Å². The van der Waals surface area contributed by atoms with Crippen LogP contribution in [0.5, 0.6) is 0 Å². The molecular formula is C12H20N2O2. The number of rotatable bonds is 7. The van der Waals surface area contributed by atoms with Gasteiger partial charge in [0.05, 0.1) is 12.7 Å². The molecule has 90 valence electrons. The van der Waals surface area contributed by atoms with E-state index in [0.29, 0.717) is 19.8 Å². The second-order valence-electron chi connectivity index (χ2n) is 3.75. The SMILES string of the molecule is CCOCC(O)CNCc1cnccc1C. The Hall–Kier alpha value is -0.970. The van der Waals surface area contributed by atoms with E-state index >= 15 is 0 Å². The molecule has 0 aromatic carbocycles. The Kier molecular flexibility index (Phi) is 6.00. The number of hydrogen-bond acceptors (Lipinski definition) is 4. The zero-order valence-electron chi connectivity index (χ0n) is 9.94. The molecule has 1 aromatic rings. The smallest absolute Gasteiger partial charge is 0.0897 e. The summed E-state index contributed by atoms with van der Waals surface area (Å²) in [5, 5.41) is 12.7. The summed E-state index contributed by atoms with van der Waals surface area (Å²) in [7, 11) is 0. The van der Waals surface area contributed by atoms with Gasteiger partial charge in [-0.1, -0.05) is 0 Å². The molecule has 0 aliphatic carbocycles. The summed E-state index contributed by atoms with van der Waals surface area (Å²) in [5.41, 5.74) is 2.37. The molecule has 16 heavy (non-hydrogen) atoms. The maximum Gasteiger partial charge on any atom is 0.0897 e. The third-order valence-corrected chi connectivity index (χ3v) is 2.36. The van der Waals surface area contributed by atoms with Gasteiger partial charge in [-0.2, -0.15) is 0 Å². The van der Waals surface area contributed by atoms with Gasteiger partial charge in [0.1, 0.15) is 0 Å². The van der Waals surface area contributed by atoms with Crippen LogP contribution in [-0.2, 0) is 11.3 Å². The fourth-order valence-corrected chi connectivity index (χ4v) is 1.37. The number of aryl methyl sites for hydroxylation is 1. The van der Waals surface area contributed by atoms with Gasteiger partial charge in [0.2, 0.25) is 0 Å². The molecule has 0 saturated heterocycles. The fourth-order valence-electron chi connectivity index (χ4n) is 1.37. The fraction of sp³-hybridized carbons (Fsp3) is 0.583. The quantitative estimate of drug-likeness (QED) is 0.722. The molecule has 1 heterocycles. The Morgan fingerprint density at radius 3 is 3.06 bits per heavy atom. The maximum atomic E-state index is 9.52. The Morgan fingerprint density at radius 2 is 2.38 bits per heavy atom. The summed E-state index contributed by atoms with van der Waals surface area (Å²) in [6.45, 7) is 6.25. The average Bonchev–Trinajstić information content (AvgIpc) is 2.29. The van der Waals surface area contributed by atoms with Gasteiger partial charge in [0.15, 0.2) is 0 Å². The molecule has 2 N–H and O–H groups in total. The molecular weight excluding hydrogens is 204 g/mol. The van der Waals surface area contributed by atoms with Crippen LogP contribution in [-0.4, -0.2) is 36.0 Å². The molecule has 4 heteroatoms. The van der Waals surface area contributed by atoms with Gasteiger partial charge in [-0.15, -0.1) is 0 Å². The van der Waals surface area contributed by atoms with Gasteiger partial charge < -0.3 is 15.2 Å². The highest BCUT2D eigenvalue weighted by Gasteiger charge is 2.03. The predicted molar refractivity (Wildman–Crippen MR) is 63.2 cm³/mol. The topological polar surface area (TPSA) is 54.4 Å². The summed E-state index contributed by atoms with van der Waals surface area (Å²) in [6, 6.07) is 1.98. The minimum atomic E-state index is -0.447. The van der Waals surface area contributed by atoms with Crippen molar-refractivity contribution in [1.29, 1.82) is 0 Å². The Labute approximate surface area is 96.7 Å². The number of aliphatic hydroxyl groups is 1. The van der Waals surface area contributed by atoms with Crippen LogP contribution in [0.15, 0.2) is 18.5 Å². The van der Waals surface area contributed by atoms with Crippen LogP contribution in [0.3, 0.4) is 0 Å². The number of ether oxygens (including phenoxy) is 1. The van der Waals surface area contributed by atoms with Crippen molar-refractivity contribution in [1.82, 2.24) is 10.3 Å². The van der Waals surface area contributed by atoms with E-state index in [-0.39, 0.29) is 0 Å². The van der Waals surface area contributed by atoms with E-state index in [0.717, 1.165) is 12.1 Å². The summed E-state index contributed by atoms with van der Waals surface area (Å²) in [4.78, 5) is 4.07. The number of aromatic nitrogens is 1. The molecule has 1 atom stereocenters. The van der Waals surface area contributed by atoms with Crippen molar-refractivity contribution in [2.45, 2.75) is 26.5 Å². The van der Waals surface area contributed by atoms with Crippen molar-refractivity contribution in [3.8, 4) is 0 Å². The molecule has 4 nitrogen and oxygen atoms in total. The van der Waals surface area contributed by atoms with Gasteiger partial charge in [-0.05, 0) is 31.0 Å². The molecule has 0 spiro atoms. The maximum absolute atomic E-state index is 9.52. The minimum absolute atomic E-state index is 0.384. The number of nitrogens with one attached hydrogen (secondary N) is 1. The second-order valence-corrected chi connectivity index (χ2v) is 3.75. The van der Waals surface area contributed by atoms with Crippen molar-refractivity contribution in [2.75, 3.05) is 19.8 Å². The van der Waals surface area contributed by atoms with Gasteiger partial charge in [0.25, 0.3) is 0 Å². The standard InChI is InChI=1S/C12H20N2O2/c1-3-16-9-12(15)8-14-7-11-6-13-5-4-10(11)2/h4-6,12,14-15H,3,7-9H2,1-2H3. The Morgan fingerprint density at radius 1 is 1.56 bits per heavy atom. The van der Waals surface area contributed by atoms with Gasteiger partial charge in [-0.25, -0.2) is 0 Å². The van der Waals surface area contributed by atoms with E-state index in [9.17, 15) is 5.11 Å². The van der Waals surface area contributed by atoms with E-state index in [1.807, 2.05) is 19.2 Å². The van der Waals surface area contributed by atoms with Gasteiger partial charge in [-0.3, -0.25) is 4.98 Å². The van der Waals surface area contributed by atoms with Crippen LogP contribution in [0.2, 0.25) is 0 Å². The Bertz CT molecular complexity index is 305. The third-order valence-electron chi connectivity index (χ3n) is 2.36. The molecule has 0 amide bonds. The molecule has 0 bridgehead atoms. The number of aliphatic hydroxyl groups excluding tert-OH is 1. The highest BCUT2D eigenvalue weighted by Crippen LogP contribution is 2.03. The van der Waals surface area contributed by atoms with E-state index < -0.39 is 6.10 Å². The number of nitrogens with zero attached hydrogens (tertiary/aromatic N) is 1. The molecule has 0 fully saturated rings. The predicted octanol–water partition coefficient (Wildman–Crippen LogP) is 0.877. The third kappa shape index (κ3) is 4.70. The zero-order chi connectivity index (χ0) is 11.8. The van der Waals surface area contributed by atoms with Crippen molar-refractivity contribution < 1.29 is 9.84 Å². The summed E-state index contributed by atoms with van der Waals surface area (Å²) < 4.78 is 5.12. The van der Waals surface area contributed by atoms with E-state index in [1.54, 1.807) is 6.20 Å². The van der Waals surface area contributed by atoms with E-state index in [4.69, 9.17) is 4.74 Å². The van der Waals surface area contributed by atoms with Crippen LogP contribution in [0, 0.1) is 6.92 Å². The first-order valence-corrected chi connectivity index (χ1v) is 5.60. The number of pyridine rings is 1. The lowest BCUT2D eigenvalue weighted by Gasteiger charge is -2.12. The minimum Gasteiger partial charge on any atom is -0.389 e. The normalized spacial score (nSPS) is 12.7. The van der Waals surface area contributed by atoms with Crippen molar-refractivity contribution in [3.63, 3.8) is 0 Å². The zero-order valence-corrected chi connectivity index (χ0v) is 9.94. The van der Waals surface area contributed by atoms with Crippen LogP contribution in [0.25, 0.3) is 0 Å². The first-order valence-electron chi connectivity index (χ1n) is 5.60. The molecule has 1 unspecified atom stereocenters. The van der Waals surface area contributed by atoms with Crippen molar-refractivity contribution >= 4 is 0 Å². The lowest BCUT2D eigenvalue weighted by Crippen LogP contribution is -2.30. The monoisotopic (exact) mass is 224 g/mol. The summed E-state index contributed by atoms with van der Waals surface area (Å²) in [6.07, 6.45) is 3.18. The van der Waals surface area contributed by atoms with Crippen molar-refractivity contribution in [2.24, 2.45) is 0 Å². The van der Waals surface area contributed by atoms with Crippen molar-refractivity contribution in [3.05, 3.63) is 29.6 Å². The Balaban J connectivity index is 2.23. The largest absolute Gasteiger partial charge is 0.389 e.